The SMILES string of the molecule is C=C(NCc1cc(NC)c2c(c1C)C(=C)C1=C(C)[C@]3(O)C(=C)C(C(=C)N)=C(O)[C@@H](N(C)C)[C@@H]3C[C@@H]1C2)Oc1ccc(C)cc1. The molecule has 7 nitrogen and oxygen atoms in total. The number of aliphatic hydroxyl groups excluding tert-OH is 1. The number of allylic oxidation sites excluding steroid dienone is 3. The fraction of sp³-hybridized carbons (Fsp3) is 0.351. The molecule has 0 saturated carbocycles. The third-order valence-electron chi connectivity index (χ3n) is 9.90. The summed E-state index contributed by atoms with van der Waals surface area (Å²) in [4.78, 5) is 1.95. The molecular formula is C37H46N4O3. The van der Waals surface area contributed by atoms with Gasteiger partial charge in [0.1, 0.15) is 17.1 Å². The van der Waals surface area contributed by atoms with Gasteiger partial charge in [0.2, 0.25) is 0 Å². The Labute approximate surface area is 261 Å². The molecule has 0 fully saturated rings. The van der Waals surface area contributed by atoms with Crippen molar-refractivity contribution in [1.82, 2.24) is 10.2 Å². The Kier molecular flexibility index (Phi) is 8.08. The molecule has 2 aromatic carbocycles. The zero-order valence-electron chi connectivity index (χ0n) is 26.9. The molecule has 0 heterocycles. The van der Waals surface area contributed by atoms with Crippen LogP contribution in [0.1, 0.15) is 41.2 Å². The summed E-state index contributed by atoms with van der Waals surface area (Å²) in [5, 5.41) is 30.7. The fourth-order valence-electron chi connectivity index (χ4n) is 7.77. The van der Waals surface area contributed by atoms with Crippen LogP contribution in [0.2, 0.25) is 0 Å². The van der Waals surface area contributed by atoms with E-state index in [9.17, 15) is 10.2 Å². The number of ether oxygens (including phenoxy) is 1. The fourth-order valence-corrected chi connectivity index (χ4v) is 7.77. The number of hydrogen-bond donors (Lipinski definition) is 5. The monoisotopic (exact) mass is 594 g/mol. The first kappa shape index (κ1) is 31.2. The first-order valence-electron chi connectivity index (χ1n) is 15.1. The van der Waals surface area contributed by atoms with Gasteiger partial charge in [0.05, 0.1) is 6.04 Å². The van der Waals surface area contributed by atoms with Gasteiger partial charge >= 0.3 is 0 Å². The van der Waals surface area contributed by atoms with E-state index >= 15 is 0 Å². The lowest BCUT2D eigenvalue weighted by atomic mass is 9.55. The summed E-state index contributed by atoms with van der Waals surface area (Å²) in [6.45, 7) is 23.6. The van der Waals surface area contributed by atoms with Gasteiger partial charge in [0.25, 0.3) is 0 Å². The Morgan fingerprint density at radius 2 is 1.80 bits per heavy atom. The minimum absolute atomic E-state index is 0.115. The summed E-state index contributed by atoms with van der Waals surface area (Å²) in [5.74, 6) is 1.11. The zero-order chi connectivity index (χ0) is 32.2. The predicted octanol–water partition coefficient (Wildman–Crippen LogP) is 6.02. The molecule has 0 aliphatic heterocycles. The minimum Gasteiger partial charge on any atom is -0.510 e. The van der Waals surface area contributed by atoms with Crippen LogP contribution >= 0.6 is 0 Å². The van der Waals surface area contributed by atoms with E-state index in [2.05, 4.69) is 49.9 Å². The second kappa shape index (κ2) is 11.4. The first-order valence-corrected chi connectivity index (χ1v) is 15.1. The number of nitrogens with two attached hydrogens (primary N) is 1. The van der Waals surface area contributed by atoms with Crippen molar-refractivity contribution in [2.75, 3.05) is 26.5 Å². The lowest BCUT2D eigenvalue weighted by molar-refractivity contribution is -0.0178. The van der Waals surface area contributed by atoms with Gasteiger partial charge in [-0.05, 0) is 123 Å². The highest BCUT2D eigenvalue weighted by atomic mass is 16.5. The number of nitrogens with zero attached hydrogens (tertiary/aromatic N) is 1. The zero-order valence-corrected chi connectivity index (χ0v) is 26.9. The number of nitrogens with one attached hydrogen (secondary N) is 2. The summed E-state index contributed by atoms with van der Waals surface area (Å²) < 4.78 is 5.91. The van der Waals surface area contributed by atoms with Crippen LogP contribution in [0, 0.1) is 25.7 Å². The van der Waals surface area contributed by atoms with Crippen molar-refractivity contribution in [3.05, 3.63) is 124 Å². The Morgan fingerprint density at radius 3 is 2.39 bits per heavy atom. The maximum atomic E-state index is 12.6. The van der Waals surface area contributed by atoms with Crippen LogP contribution in [-0.2, 0) is 13.0 Å². The molecule has 44 heavy (non-hydrogen) atoms. The molecular weight excluding hydrogens is 548 g/mol. The molecule has 3 aliphatic carbocycles. The molecule has 0 spiro atoms. The van der Waals surface area contributed by atoms with Gasteiger partial charge in [0, 0.05) is 36.5 Å². The number of aliphatic hydroxyl groups is 2. The first-order chi connectivity index (χ1) is 20.7. The number of aryl methyl sites for hydroxylation is 1. The van der Waals surface area contributed by atoms with Crippen molar-refractivity contribution in [1.29, 1.82) is 0 Å². The topological polar surface area (TPSA) is 103 Å². The molecule has 7 heteroatoms. The summed E-state index contributed by atoms with van der Waals surface area (Å²) >= 11 is 0. The molecule has 0 saturated heterocycles. The number of fused-ring (bicyclic) bond motifs is 3. The van der Waals surface area contributed by atoms with Gasteiger partial charge in [-0.15, -0.1) is 0 Å². The Hall–Kier alpha value is -4.20. The van der Waals surface area contributed by atoms with Gasteiger partial charge in [-0.25, -0.2) is 0 Å². The van der Waals surface area contributed by atoms with Gasteiger partial charge in [0.15, 0.2) is 5.88 Å². The lowest BCUT2D eigenvalue weighted by Gasteiger charge is -2.54. The van der Waals surface area contributed by atoms with Crippen LogP contribution < -0.4 is 21.1 Å². The van der Waals surface area contributed by atoms with E-state index < -0.39 is 11.6 Å². The predicted molar refractivity (Wildman–Crippen MR) is 180 cm³/mol. The second-order valence-corrected chi connectivity index (χ2v) is 12.7. The van der Waals surface area contributed by atoms with Crippen molar-refractivity contribution in [2.45, 2.75) is 51.8 Å². The largest absolute Gasteiger partial charge is 0.510 e. The quantitative estimate of drug-likeness (QED) is 0.238. The third kappa shape index (κ3) is 4.84. The van der Waals surface area contributed by atoms with Crippen LogP contribution in [0.15, 0.2) is 96.3 Å². The van der Waals surface area contributed by atoms with Crippen LogP contribution in [0.25, 0.3) is 5.57 Å². The Balaban J connectivity index is 1.53. The van der Waals surface area contributed by atoms with Crippen molar-refractivity contribution < 1.29 is 14.9 Å². The molecule has 5 rings (SSSR count). The normalized spacial score (nSPS) is 24.5. The van der Waals surface area contributed by atoms with Crippen LogP contribution in [0.3, 0.4) is 0 Å². The van der Waals surface area contributed by atoms with E-state index in [-0.39, 0.29) is 23.3 Å². The maximum absolute atomic E-state index is 12.6. The molecule has 4 atom stereocenters. The molecule has 0 aromatic heterocycles. The van der Waals surface area contributed by atoms with Crippen LogP contribution in [-0.4, -0.2) is 47.9 Å². The van der Waals surface area contributed by atoms with Crippen molar-refractivity contribution in [3.63, 3.8) is 0 Å². The lowest BCUT2D eigenvalue weighted by Crippen LogP contribution is -2.58. The molecule has 0 unspecified atom stereocenters. The summed E-state index contributed by atoms with van der Waals surface area (Å²) in [6, 6.07) is 9.61. The average molecular weight is 595 g/mol. The van der Waals surface area contributed by atoms with Crippen molar-refractivity contribution in [3.8, 4) is 5.75 Å². The third-order valence-corrected chi connectivity index (χ3v) is 9.90. The van der Waals surface area contributed by atoms with Crippen LogP contribution in [0.4, 0.5) is 5.69 Å². The Morgan fingerprint density at radius 1 is 1.14 bits per heavy atom. The van der Waals surface area contributed by atoms with E-state index in [0.29, 0.717) is 30.0 Å². The van der Waals surface area contributed by atoms with E-state index in [1.54, 1.807) is 0 Å². The standard InChI is InChI=1S/C37H46N4O3/c1-19-11-13-28(14-12-19)44-25(7)40-18-27-17-31(39-8)29-15-26-16-30-35(41(9)10)36(42)34(24(6)38)23(5)37(30,43)22(4)33(26)21(3)32(29)20(27)2/h11-14,17,26,30,35,39-40,42-43H,3,5-7,15-16,18,38H2,1-2,4,8-10H3/t26-,30-,35-,37-/m0/s1. The molecule has 232 valence electrons. The smallest absolute Gasteiger partial charge is 0.186 e. The molecule has 0 radical (unpaired) electrons. The second-order valence-electron chi connectivity index (χ2n) is 12.7. The molecule has 0 amide bonds. The van der Waals surface area contributed by atoms with E-state index in [4.69, 9.17) is 10.5 Å². The number of hydrogen-bond acceptors (Lipinski definition) is 7. The average Bonchev–Trinajstić information content (AvgIpc) is 2.95. The van der Waals surface area contributed by atoms with E-state index in [1.807, 2.05) is 64.2 Å². The van der Waals surface area contributed by atoms with Gasteiger partial charge in [-0.1, -0.05) is 37.4 Å². The Bertz CT molecular complexity index is 1650. The van der Waals surface area contributed by atoms with Gasteiger partial charge in [-0.2, -0.15) is 0 Å². The molecule has 6 N–H and O–H groups in total. The van der Waals surface area contributed by atoms with Crippen molar-refractivity contribution >= 4 is 11.3 Å². The summed E-state index contributed by atoms with van der Waals surface area (Å²) in [7, 11) is 5.76. The number of benzene rings is 2. The molecule has 3 aliphatic rings. The molecule has 2 aromatic rings. The molecule has 0 bridgehead atoms. The highest BCUT2D eigenvalue weighted by Gasteiger charge is 2.57. The number of rotatable bonds is 8. The highest BCUT2D eigenvalue weighted by Crippen LogP contribution is 2.58. The van der Waals surface area contributed by atoms with Crippen LogP contribution in [0.5, 0.6) is 5.75 Å². The highest BCUT2D eigenvalue weighted by molar-refractivity contribution is 5.88. The van der Waals surface area contributed by atoms with E-state index in [1.165, 1.54) is 11.1 Å². The van der Waals surface area contributed by atoms with Gasteiger partial charge < -0.3 is 31.3 Å². The van der Waals surface area contributed by atoms with E-state index in [0.717, 1.165) is 51.3 Å². The summed E-state index contributed by atoms with van der Waals surface area (Å²) in [5.41, 5.74) is 15.2. The maximum Gasteiger partial charge on any atom is 0.186 e. The van der Waals surface area contributed by atoms with Gasteiger partial charge in [-0.3, -0.25) is 4.90 Å². The number of anilines is 1. The minimum atomic E-state index is -1.41. The number of likely N-dealkylation sites (N-methyl/N-ethyl adjacent to an activating group) is 1. The summed E-state index contributed by atoms with van der Waals surface area (Å²) in [6.07, 6.45) is 1.44. The van der Waals surface area contributed by atoms with Crippen molar-refractivity contribution in [2.24, 2.45) is 17.6 Å².